The lowest BCUT2D eigenvalue weighted by atomic mass is 9.85. The number of halogens is 9. The molecule has 0 aliphatic rings. The van der Waals surface area contributed by atoms with E-state index in [0.717, 1.165) is 36.4 Å². The molecule has 0 fully saturated rings. The van der Waals surface area contributed by atoms with Gasteiger partial charge in [0.1, 0.15) is 11.5 Å². The Hall–Kier alpha value is -3.37. The molecule has 188 valence electrons. The summed E-state index contributed by atoms with van der Waals surface area (Å²) < 4.78 is 124. The van der Waals surface area contributed by atoms with E-state index in [4.69, 9.17) is 0 Å². The molecule has 0 aromatic heterocycles. The Kier molecular flexibility index (Phi) is 7.56. The maximum Gasteiger partial charge on any atom is 0.573 e. The summed E-state index contributed by atoms with van der Waals surface area (Å²) in [6.45, 7) is 0. The number of ether oxygens (including phenoxy) is 2. The largest absolute Gasteiger partial charge is 0.573 e. The molecule has 0 heterocycles. The van der Waals surface area contributed by atoms with Crippen molar-refractivity contribution in [1.82, 2.24) is 0 Å². The van der Waals surface area contributed by atoms with Gasteiger partial charge >= 0.3 is 18.9 Å². The fourth-order valence-corrected chi connectivity index (χ4v) is 3.59. The van der Waals surface area contributed by atoms with Crippen LogP contribution < -0.4 is 9.47 Å². The fraction of sp³-hybridized carbons (Fsp3) is 0.250. The van der Waals surface area contributed by atoms with Crippen molar-refractivity contribution in [2.45, 2.75) is 37.7 Å². The Morgan fingerprint density at radius 2 is 1.29 bits per heavy atom. The highest BCUT2D eigenvalue weighted by Gasteiger charge is 2.34. The molecule has 3 rings (SSSR count). The van der Waals surface area contributed by atoms with Gasteiger partial charge in [-0.25, -0.2) is 0 Å². The summed E-state index contributed by atoms with van der Waals surface area (Å²) in [6.07, 6.45) is -14.9. The van der Waals surface area contributed by atoms with E-state index in [9.17, 15) is 39.5 Å². The van der Waals surface area contributed by atoms with E-state index < -0.39 is 41.9 Å². The molecule has 0 amide bonds. The van der Waals surface area contributed by atoms with Crippen LogP contribution in [0.4, 0.5) is 39.5 Å². The van der Waals surface area contributed by atoms with Gasteiger partial charge in [0, 0.05) is 0 Å². The molecule has 0 spiro atoms. The summed E-state index contributed by atoms with van der Waals surface area (Å²) in [6, 6.07) is 14.3. The zero-order valence-corrected chi connectivity index (χ0v) is 17.6. The van der Waals surface area contributed by atoms with Crippen LogP contribution in [0.25, 0.3) is 0 Å². The van der Waals surface area contributed by atoms with Gasteiger partial charge in [0.15, 0.2) is 0 Å². The first kappa shape index (κ1) is 26.2. The Bertz CT molecular complexity index is 1130. The van der Waals surface area contributed by atoms with Crippen molar-refractivity contribution in [1.29, 1.82) is 0 Å². The van der Waals surface area contributed by atoms with Gasteiger partial charge in [-0.1, -0.05) is 48.5 Å². The van der Waals surface area contributed by atoms with Crippen LogP contribution in [0.1, 0.15) is 28.2 Å². The standard InChI is InChI=1S/C24H17F9O2/c25-22(26,27)19-8-4-7-16(14-19)18(11-15-5-3-9-20(12-15)34-23(28,29)30)13-17-6-1-2-10-21(17)35-24(31,32)33/h1-10,12,14,18H,11,13H2. The van der Waals surface area contributed by atoms with Crippen molar-refractivity contribution < 1.29 is 49.0 Å². The highest BCUT2D eigenvalue weighted by atomic mass is 19.4. The Morgan fingerprint density at radius 1 is 0.629 bits per heavy atom. The Labute approximate surface area is 193 Å². The third-order valence-electron chi connectivity index (χ3n) is 4.96. The average Bonchev–Trinajstić information content (AvgIpc) is 2.72. The highest BCUT2D eigenvalue weighted by Crippen LogP contribution is 2.36. The molecule has 1 unspecified atom stereocenters. The monoisotopic (exact) mass is 508 g/mol. The molecule has 11 heteroatoms. The molecule has 0 N–H and O–H groups in total. The molecule has 0 saturated carbocycles. The second kappa shape index (κ2) is 10.1. The minimum absolute atomic E-state index is 0.0648. The Morgan fingerprint density at radius 3 is 1.94 bits per heavy atom. The van der Waals surface area contributed by atoms with Crippen LogP contribution in [0.2, 0.25) is 0 Å². The second-order valence-electron chi connectivity index (χ2n) is 7.58. The maximum absolute atomic E-state index is 13.3. The summed E-state index contributed by atoms with van der Waals surface area (Å²) >= 11 is 0. The third-order valence-corrected chi connectivity index (χ3v) is 4.96. The summed E-state index contributed by atoms with van der Waals surface area (Å²) in [4.78, 5) is 0. The quantitative estimate of drug-likeness (QED) is 0.301. The summed E-state index contributed by atoms with van der Waals surface area (Å²) in [5.74, 6) is -1.89. The number of para-hydroxylation sites is 1. The van der Waals surface area contributed by atoms with Crippen LogP contribution in [0, 0.1) is 0 Å². The first-order valence-electron chi connectivity index (χ1n) is 10.0. The molecule has 3 aromatic carbocycles. The van der Waals surface area contributed by atoms with Crippen LogP contribution in [-0.4, -0.2) is 12.7 Å². The maximum atomic E-state index is 13.3. The lowest BCUT2D eigenvalue weighted by molar-refractivity contribution is -0.275. The molecule has 0 saturated heterocycles. The topological polar surface area (TPSA) is 18.5 Å². The summed E-state index contributed by atoms with van der Waals surface area (Å²) in [7, 11) is 0. The van der Waals surface area contributed by atoms with Crippen molar-refractivity contribution in [3.63, 3.8) is 0 Å². The van der Waals surface area contributed by atoms with Gasteiger partial charge in [-0.3, -0.25) is 0 Å². The van der Waals surface area contributed by atoms with Crippen LogP contribution in [-0.2, 0) is 19.0 Å². The normalized spacial score (nSPS) is 13.4. The predicted molar refractivity (Wildman–Crippen MR) is 108 cm³/mol. The molecule has 35 heavy (non-hydrogen) atoms. The highest BCUT2D eigenvalue weighted by molar-refractivity contribution is 5.38. The second-order valence-corrected chi connectivity index (χ2v) is 7.58. The zero-order valence-electron chi connectivity index (χ0n) is 17.6. The number of hydrogen-bond donors (Lipinski definition) is 0. The minimum atomic E-state index is -4.99. The smallest absolute Gasteiger partial charge is 0.406 e. The first-order chi connectivity index (χ1) is 16.2. The molecule has 0 aliphatic carbocycles. The first-order valence-corrected chi connectivity index (χ1v) is 10.0. The third kappa shape index (κ3) is 8.11. The van der Waals surface area contributed by atoms with Crippen LogP contribution >= 0.6 is 0 Å². The lowest BCUT2D eigenvalue weighted by Gasteiger charge is -2.21. The van der Waals surface area contributed by atoms with Crippen molar-refractivity contribution in [2.24, 2.45) is 0 Å². The zero-order chi connectivity index (χ0) is 25.9. The van der Waals surface area contributed by atoms with Gasteiger partial charge in [-0.2, -0.15) is 13.2 Å². The van der Waals surface area contributed by atoms with E-state index in [1.54, 1.807) is 0 Å². The van der Waals surface area contributed by atoms with Crippen LogP contribution in [0.5, 0.6) is 11.5 Å². The van der Waals surface area contributed by atoms with Gasteiger partial charge in [-0.15, -0.1) is 26.3 Å². The molecular weight excluding hydrogens is 491 g/mol. The summed E-state index contributed by atoms with van der Waals surface area (Å²) in [5, 5.41) is 0. The predicted octanol–water partition coefficient (Wildman–Crippen LogP) is 8.07. The fourth-order valence-electron chi connectivity index (χ4n) is 3.59. The van der Waals surface area contributed by atoms with E-state index in [0.29, 0.717) is 0 Å². The number of alkyl halides is 9. The molecule has 2 nitrogen and oxygen atoms in total. The van der Waals surface area contributed by atoms with Crippen LogP contribution in [0.3, 0.4) is 0 Å². The van der Waals surface area contributed by atoms with Crippen molar-refractivity contribution in [3.05, 3.63) is 95.1 Å². The average molecular weight is 508 g/mol. The van der Waals surface area contributed by atoms with Gasteiger partial charge in [-0.05, 0) is 59.7 Å². The summed E-state index contributed by atoms with van der Waals surface area (Å²) in [5.41, 5.74) is -0.476. The van der Waals surface area contributed by atoms with E-state index in [1.807, 2.05) is 0 Å². The van der Waals surface area contributed by atoms with E-state index in [-0.39, 0.29) is 29.5 Å². The van der Waals surface area contributed by atoms with E-state index in [2.05, 4.69) is 9.47 Å². The van der Waals surface area contributed by atoms with E-state index >= 15 is 0 Å². The van der Waals surface area contributed by atoms with E-state index in [1.165, 1.54) is 36.4 Å². The molecule has 0 aliphatic heterocycles. The van der Waals surface area contributed by atoms with Gasteiger partial charge in [0.25, 0.3) is 0 Å². The number of rotatable bonds is 7. The molecular formula is C24H17F9O2. The minimum Gasteiger partial charge on any atom is -0.406 e. The lowest BCUT2D eigenvalue weighted by Crippen LogP contribution is -2.19. The van der Waals surface area contributed by atoms with Crippen molar-refractivity contribution in [3.8, 4) is 11.5 Å². The molecule has 1 atom stereocenters. The SMILES string of the molecule is FC(F)(F)Oc1cccc(CC(Cc2ccccc2OC(F)(F)F)c2cccc(C(F)(F)F)c2)c1. The van der Waals surface area contributed by atoms with Gasteiger partial charge in [0.2, 0.25) is 0 Å². The van der Waals surface area contributed by atoms with Gasteiger partial charge in [0.05, 0.1) is 5.56 Å². The molecule has 0 bridgehead atoms. The Balaban J connectivity index is 2.00. The number of benzene rings is 3. The molecule has 0 radical (unpaired) electrons. The van der Waals surface area contributed by atoms with Crippen LogP contribution in [0.15, 0.2) is 72.8 Å². The van der Waals surface area contributed by atoms with Crippen molar-refractivity contribution >= 4 is 0 Å². The van der Waals surface area contributed by atoms with Crippen molar-refractivity contribution in [2.75, 3.05) is 0 Å². The van der Waals surface area contributed by atoms with Gasteiger partial charge < -0.3 is 9.47 Å². The number of hydrogen-bond acceptors (Lipinski definition) is 2. The molecule has 3 aromatic rings.